The van der Waals surface area contributed by atoms with E-state index in [1.807, 2.05) is 6.92 Å². The van der Waals surface area contributed by atoms with Crippen molar-refractivity contribution in [2.75, 3.05) is 12.3 Å². The molecule has 2 unspecified atom stereocenters. The van der Waals surface area contributed by atoms with Gasteiger partial charge in [-0.05, 0) is 13.3 Å². The molecule has 0 saturated carbocycles. The number of ether oxygens (including phenoxy) is 1. The first kappa shape index (κ1) is 25.5. The monoisotopic (exact) mass is 433 g/mol. The molecule has 0 aliphatic rings. The molecular formula is C24H43N5O2. The summed E-state index contributed by atoms with van der Waals surface area (Å²) in [5, 5.41) is 10.6. The normalized spacial score (nSPS) is 13.6. The first-order valence-corrected chi connectivity index (χ1v) is 12.4. The van der Waals surface area contributed by atoms with Crippen molar-refractivity contribution >= 4 is 17.0 Å². The van der Waals surface area contributed by atoms with Gasteiger partial charge in [-0.3, -0.25) is 4.57 Å². The Kier molecular flexibility index (Phi) is 12.5. The van der Waals surface area contributed by atoms with Gasteiger partial charge in [-0.1, -0.05) is 90.4 Å². The minimum Gasteiger partial charge on any atom is -0.382 e. The van der Waals surface area contributed by atoms with Gasteiger partial charge in [0, 0.05) is 6.61 Å². The molecule has 0 radical (unpaired) electrons. The second-order valence-corrected chi connectivity index (χ2v) is 8.67. The molecule has 2 rings (SSSR count). The van der Waals surface area contributed by atoms with Crippen molar-refractivity contribution in [3.8, 4) is 0 Å². The molecule has 7 heteroatoms. The van der Waals surface area contributed by atoms with E-state index in [0.29, 0.717) is 23.6 Å². The molecule has 0 aromatic carbocycles. The lowest BCUT2D eigenvalue weighted by Crippen LogP contribution is -2.24. The van der Waals surface area contributed by atoms with Gasteiger partial charge >= 0.3 is 0 Å². The molecule has 2 heterocycles. The third-order valence-corrected chi connectivity index (χ3v) is 5.97. The SMILES string of the molecule is CCCCCCCCCCCCCCCCOC(C)C(O)n1cnc2c(N)ncnc21. The molecular weight excluding hydrogens is 390 g/mol. The minimum atomic E-state index is -0.856. The number of hydrogen-bond acceptors (Lipinski definition) is 6. The number of nitrogens with two attached hydrogens (primary N) is 1. The van der Waals surface area contributed by atoms with Crippen LogP contribution in [-0.4, -0.2) is 37.3 Å². The molecule has 0 saturated heterocycles. The predicted molar refractivity (Wildman–Crippen MR) is 127 cm³/mol. The number of anilines is 1. The third kappa shape index (κ3) is 9.11. The Bertz CT molecular complexity index is 721. The zero-order valence-corrected chi connectivity index (χ0v) is 19.6. The average Bonchev–Trinajstić information content (AvgIpc) is 3.21. The maximum Gasteiger partial charge on any atom is 0.167 e. The number of unbranched alkanes of at least 4 members (excludes halogenated alkanes) is 13. The van der Waals surface area contributed by atoms with Crippen LogP contribution in [0.2, 0.25) is 0 Å². The summed E-state index contributed by atoms with van der Waals surface area (Å²) in [7, 11) is 0. The van der Waals surface area contributed by atoms with Crippen LogP contribution in [0.15, 0.2) is 12.7 Å². The Labute approximate surface area is 187 Å². The van der Waals surface area contributed by atoms with Crippen LogP contribution in [0, 0.1) is 0 Å². The van der Waals surface area contributed by atoms with Crippen molar-refractivity contribution in [1.29, 1.82) is 0 Å². The molecule has 2 aromatic rings. The summed E-state index contributed by atoms with van der Waals surface area (Å²) in [6.45, 7) is 4.79. The summed E-state index contributed by atoms with van der Waals surface area (Å²) in [6.07, 6.45) is 20.4. The number of rotatable bonds is 18. The van der Waals surface area contributed by atoms with E-state index in [0.717, 1.165) is 6.42 Å². The number of hydrogen-bond donors (Lipinski definition) is 2. The van der Waals surface area contributed by atoms with E-state index < -0.39 is 6.23 Å². The molecule has 2 aromatic heterocycles. The van der Waals surface area contributed by atoms with E-state index in [1.165, 1.54) is 96.1 Å². The van der Waals surface area contributed by atoms with E-state index in [1.54, 1.807) is 4.57 Å². The Morgan fingerprint density at radius 2 is 1.42 bits per heavy atom. The number of nitrogens with zero attached hydrogens (tertiary/aromatic N) is 4. The zero-order valence-electron chi connectivity index (χ0n) is 19.6. The van der Waals surface area contributed by atoms with E-state index in [2.05, 4.69) is 21.9 Å². The summed E-state index contributed by atoms with van der Waals surface area (Å²) in [5.41, 5.74) is 6.83. The van der Waals surface area contributed by atoms with Crippen LogP contribution in [0.5, 0.6) is 0 Å². The fraction of sp³-hybridized carbons (Fsp3) is 0.792. The van der Waals surface area contributed by atoms with Gasteiger partial charge in [0.25, 0.3) is 0 Å². The molecule has 31 heavy (non-hydrogen) atoms. The van der Waals surface area contributed by atoms with Gasteiger partial charge in [-0.2, -0.15) is 0 Å². The number of nitrogen functional groups attached to an aromatic ring is 1. The van der Waals surface area contributed by atoms with Crippen LogP contribution in [0.4, 0.5) is 5.82 Å². The maximum absolute atomic E-state index is 10.6. The van der Waals surface area contributed by atoms with E-state index in [-0.39, 0.29) is 6.10 Å². The van der Waals surface area contributed by atoms with Crippen molar-refractivity contribution in [2.45, 2.75) is 116 Å². The molecule has 0 fully saturated rings. The van der Waals surface area contributed by atoms with Crippen LogP contribution >= 0.6 is 0 Å². The minimum absolute atomic E-state index is 0.312. The van der Waals surface area contributed by atoms with Crippen LogP contribution < -0.4 is 5.73 Å². The highest BCUT2D eigenvalue weighted by molar-refractivity contribution is 5.81. The Balaban J connectivity index is 1.46. The lowest BCUT2D eigenvalue weighted by atomic mass is 10.0. The molecule has 0 bridgehead atoms. The largest absolute Gasteiger partial charge is 0.382 e. The highest BCUT2D eigenvalue weighted by Crippen LogP contribution is 2.21. The number of fused-ring (bicyclic) bond motifs is 1. The lowest BCUT2D eigenvalue weighted by molar-refractivity contribution is -0.0618. The molecule has 7 nitrogen and oxygen atoms in total. The molecule has 0 aliphatic heterocycles. The second-order valence-electron chi connectivity index (χ2n) is 8.67. The van der Waals surface area contributed by atoms with E-state index >= 15 is 0 Å². The van der Waals surface area contributed by atoms with Crippen LogP contribution in [-0.2, 0) is 4.74 Å². The number of aliphatic hydroxyl groups excluding tert-OH is 1. The van der Waals surface area contributed by atoms with Crippen molar-refractivity contribution in [1.82, 2.24) is 19.5 Å². The van der Waals surface area contributed by atoms with Gasteiger partial charge < -0.3 is 15.6 Å². The van der Waals surface area contributed by atoms with Gasteiger partial charge in [0.1, 0.15) is 11.8 Å². The standard InChI is InChI=1S/C24H43N5O2/c1-3-4-5-6-7-8-9-10-11-12-13-14-15-16-17-31-20(2)24(30)29-19-28-21-22(25)26-18-27-23(21)29/h18-20,24,30H,3-17H2,1-2H3,(H2,25,26,27). The van der Waals surface area contributed by atoms with Gasteiger partial charge in [0.15, 0.2) is 17.7 Å². The van der Waals surface area contributed by atoms with Crippen LogP contribution in [0.1, 0.15) is 110 Å². The van der Waals surface area contributed by atoms with E-state index in [9.17, 15) is 5.11 Å². The first-order valence-electron chi connectivity index (χ1n) is 12.4. The summed E-state index contributed by atoms with van der Waals surface area (Å²) < 4.78 is 7.43. The van der Waals surface area contributed by atoms with Crippen molar-refractivity contribution < 1.29 is 9.84 Å². The summed E-state index contributed by atoms with van der Waals surface area (Å²) >= 11 is 0. The van der Waals surface area contributed by atoms with Gasteiger partial charge in [-0.15, -0.1) is 0 Å². The fourth-order valence-corrected chi connectivity index (χ4v) is 3.94. The molecule has 176 valence electrons. The molecule has 3 N–H and O–H groups in total. The smallest absolute Gasteiger partial charge is 0.167 e. The van der Waals surface area contributed by atoms with Gasteiger partial charge in [0.05, 0.1) is 12.4 Å². The summed E-state index contributed by atoms with van der Waals surface area (Å²) in [4.78, 5) is 12.3. The maximum atomic E-state index is 10.6. The van der Waals surface area contributed by atoms with Crippen LogP contribution in [0.25, 0.3) is 11.2 Å². The first-order chi connectivity index (χ1) is 15.1. The molecule has 0 amide bonds. The van der Waals surface area contributed by atoms with Crippen molar-refractivity contribution in [3.63, 3.8) is 0 Å². The Morgan fingerprint density at radius 3 is 2.00 bits per heavy atom. The molecule has 0 spiro atoms. The Hall–Kier alpha value is -1.73. The van der Waals surface area contributed by atoms with Crippen molar-refractivity contribution in [3.05, 3.63) is 12.7 Å². The third-order valence-electron chi connectivity index (χ3n) is 5.97. The lowest BCUT2D eigenvalue weighted by Gasteiger charge is -2.20. The van der Waals surface area contributed by atoms with Gasteiger partial charge in [-0.25, -0.2) is 15.0 Å². The average molecular weight is 434 g/mol. The van der Waals surface area contributed by atoms with Crippen molar-refractivity contribution in [2.24, 2.45) is 0 Å². The quantitative estimate of drug-likeness (QED) is 0.289. The zero-order chi connectivity index (χ0) is 22.3. The molecule has 0 aliphatic carbocycles. The number of aliphatic hydroxyl groups is 1. The highest BCUT2D eigenvalue weighted by Gasteiger charge is 2.20. The number of aromatic nitrogens is 4. The van der Waals surface area contributed by atoms with Crippen LogP contribution in [0.3, 0.4) is 0 Å². The topological polar surface area (TPSA) is 99.1 Å². The summed E-state index contributed by atoms with van der Waals surface area (Å²) in [6, 6.07) is 0. The second kappa shape index (κ2) is 15.1. The number of imidazole rings is 1. The molecule has 2 atom stereocenters. The van der Waals surface area contributed by atoms with Gasteiger partial charge in [0.2, 0.25) is 0 Å². The summed E-state index contributed by atoms with van der Waals surface area (Å²) in [5.74, 6) is 0.312. The fourth-order valence-electron chi connectivity index (χ4n) is 3.94. The highest BCUT2D eigenvalue weighted by atomic mass is 16.5. The predicted octanol–water partition coefficient (Wildman–Crippen LogP) is 5.79. The Morgan fingerprint density at radius 1 is 0.871 bits per heavy atom. The van der Waals surface area contributed by atoms with E-state index in [4.69, 9.17) is 10.5 Å².